The zero-order valence-electron chi connectivity index (χ0n) is 6.21. The summed E-state index contributed by atoms with van der Waals surface area (Å²) in [6.07, 6.45) is 1.87. The van der Waals surface area contributed by atoms with Crippen molar-refractivity contribution in [3.63, 3.8) is 0 Å². The molecule has 0 aliphatic carbocycles. The standard InChI is InChI=1S/C6H15N3O/c1-10-5-3-2-4(7)6(8)9-5/h4-6,9H,2-3,7-8H2,1H3. The van der Waals surface area contributed by atoms with E-state index < -0.39 is 0 Å². The van der Waals surface area contributed by atoms with Gasteiger partial charge in [0.15, 0.2) is 0 Å². The Labute approximate surface area is 60.9 Å². The van der Waals surface area contributed by atoms with Crippen molar-refractivity contribution in [1.29, 1.82) is 0 Å². The van der Waals surface area contributed by atoms with Crippen LogP contribution in [0.15, 0.2) is 0 Å². The minimum atomic E-state index is -0.112. The average molecular weight is 145 g/mol. The van der Waals surface area contributed by atoms with Crippen LogP contribution in [-0.2, 0) is 4.74 Å². The van der Waals surface area contributed by atoms with Gasteiger partial charge in [0.2, 0.25) is 0 Å². The maximum absolute atomic E-state index is 5.65. The number of hydrogen-bond acceptors (Lipinski definition) is 4. The van der Waals surface area contributed by atoms with Gasteiger partial charge in [-0.25, -0.2) is 0 Å². The van der Waals surface area contributed by atoms with Crippen LogP contribution >= 0.6 is 0 Å². The van der Waals surface area contributed by atoms with Gasteiger partial charge in [-0.2, -0.15) is 0 Å². The third kappa shape index (κ3) is 1.67. The van der Waals surface area contributed by atoms with E-state index in [1.54, 1.807) is 7.11 Å². The molecule has 1 saturated heterocycles. The molecule has 4 nitrogen and oxygen atoms in total. The summed E-state index contributed by atoms with van der Waals surface area (Å²) < 4.78 is 5.06. The fraction of sp³-hybridized carbons (Fsp3) is 1.00. The zero-order valence-corrected chi connectivity index (χ0v) is 6.21. The highest BCUT2D eigenvalue weighted by Gasteiger charge is 2.23. The molecule has 10 heavy (non-hydrogen) atoms. The normalized spacial score (nSPS) is 41.7. The fourth-order valence-electron chi connectivity index (χ4n) is 1.13. The van der Waals surface area contributed by atoms with Crippen molar-refractivity contribution in [3.05, 3.63) is 0 Å². The Hall–Kier alpha value is -0.160. The van der Waals surface area contributed by atoms with Gasteiger partial charge in [-0.05, 0) is 12.8 Å². The van der Waals surface area contributed by atoms with Crippen molar-refractivity contribution in [2.24, 2.45) is 11.5 Å². The number of methoxy groups -OCH3 is 1. The molecule has 1 rings (SSSR count). The van der Waals surface area contributed by atoms with Gasteiger partial charge in [0, 0.05) is 13.2 Å². The van der Waals surface area contributed by atoms with E-state index in [2.05, 4.69) is 5.32 Å². The van der Waals surface area contributed by atoms with E-state index in [4.69, 9.17) is 16.2 Å². The number of piperidine rings is 1. The second-order valence-electron chi connectivity index (χ2n) is 2.66. The first-order chi connectivity index (χ1) is 4.74. The molecule has 4 heteroatoms. The lowest BCUT2D eigenvalue weighted by atomic mass is 10.0. The molecule has 3 unspecified atom stereocenters. The van der Waals surface area contributed by atoms with E-state index in [0.29, 0.717) is 0 Å². The maximum Gasteiger partial charge on any atom is 0.109 e. The molecule has 60 valence electrons. The van der Waals surface area contributed by atoms with Gasteiger partial charge in [-0.3, -0.25) is 5.32 Å². The van der Waals surface area contributed by atoms with Crippen molar-refractivity contribution < 1.29 is 4.74 Å². The largest absolute Gasteiger partial charge is 0.367 e. The van der Waals surface area contributed by atoms with Crippen LogP contribution in [0, 0.1) is 0 Å². The second-order valence-corrected chi connectivity index (χ2v) is 2.66. The van der Waals surface area contributed by atoms with E-state index in [9.17, 15) is 0 Å². The summed E-state index contributed by atoms with van der Waals surface area (Å²) in [6.45, 7) is 0. The Bertz CT molecular complexity index is 109. The number of nitrogens with one attached hydrogen (secondary N) is 1. The molecule has 0 saturated carbocycles. The number of ether oxygens (including phenoxy) is 1. The van der Waals surface area contributed by atoms with Gasteiger partial charge >= 0.3 is 0 Å². The minimum Gasteiger partial charge on any atom is -0.367 e. The predicted molar refractivity (Wildman–Crippen MR) is 39.1 cm³/mol. The van der Waals surface area contributed by atoms with Crippen LogP contribution in [0.1, 0.15) is 12.8 Å². The van der Waals surface area contributed by atoms with Gasteiger partial charge in [-0.1, -0.05) is 0 Å². The third-order valence-corrected chi connectivity index (χ3v) is 1.89. The molecule has 0 amide bonds. The topological polar surface area (TPSA) is 73.3 Å². The summed E-state index contributed by atoms with van der Waals surface area (Å²) in [6, 6.07) is 0.0754. The summed E-state index contributed by atoms with van der Waals surface area (Å²) in [7, 11) is 1.67. The summed E-state index contributed by atoms with van der Waals surface area (Å²) in [4.78, 5) is 0. The summed E-state index contributed by atoms with van der Waals surface area (Å²) in [5.74, 6) is 0. The first-order valence-corrected chi connectivity index (χ1v) is 3.54. The fourth-order valence-corrected chi connectivity index (χ4v) is 1.13. The number of rotatable bonds is 1. The Kier molecular flexibility index (Phi) is 2.62. The average Bonchev–Trinajstić information content (AvgIpc) is 1.95. The molecule has 5 N–H and O–H groups in total. The SMILES string of the molecule is COC1CCC(N)C(N)N1. The molecular weight excluding hydrogens is 130 g/mol. The van der Waals surface area contributed by atoms with Crippen LogP contribution in [0.3, 0.4) is 0 Å². The first-order valence-electron chi connectivity index (χ1n) is 3.54. The quantitative estimate of drug-likeness (QED) is 0.440. The molecule has 0 aromatic heterocycles. The maximum atomic E-state index is 5.65. The molecule has 0 bridgehead atoms. The Balaban J connectivity index is 2.33. The van der Waals surface area contributed by atoms with Crippen LogP contribution in [0.25, 0.3) is 0 Å². The van der Waals surface area contributed by atoms with Crippen molar-refractivity contribution >= 4 is 0 Å². The van der Waals surface area contributed by atoms with Crippen LogP contribution in [0.2, 0.25) is 0 Å². The lowest BCUT2D eigenvalue weighted by molar-refractivity contribution is 0.0316. The van der Waals surface area contributed by atoms with Crippen LogP contribution < -0.4 is 16.8 Å². The van der Waals surface area contributed by atoms with Gasteiger partial charge in [0.05, 0.1) is 6.17 Å². The smallest absolute Gasteiger partial charge is 0.109 e. The summed E-state index contributed by atoms with van der Waals surface area (Å²) in [5.41, 5.74) is 11.3. The van der Waals surface area contributed by atoms with Gasteiger partial charge in [0.25, 0.3) is 0 Å². The Morgan fingerprint density at radius 1 is 1.40 bits per heavy atom. The summed E-state index contributed by atoms with van der Waals surface area (Å²) >= 11 is 0. The van der Waals surface area contributed by atoms with Crippen molar-refractivity contribution in [2.45, 2.75) is 31.3 Å². The van der Waals surface area contributed by atoms with Gasteiger partial charge in [-0.15, -0.1) is 0 Å². The molecule has 0 radical (unpaired) electrons. The third-order valence-electron chi connectivity index (χ3n) is 1.89. The summed E-state index contributed by atoms with van der Waals surface area (Å²) in [5, 5.41) is 3.05. The van der Waals surface area contributed by atoms with E-state index in [0.717, 1.165) is 12.8 Å². The highest BCUT2D eigenvalue weighted by Crippen LogP contribution is 2.08. The number of nitrogens with two attached hydrogens (primary N) is 2. The lowest BCUT2D eigenvalue weighted by Crippen LogP contribution is -2.59. The molecule has 3 atom stereocenters. The molecule has 1 fully saturated rings. The van der Waals surface area contributed by atoms with Crippen molar-refractivity contribution in [2.75, 3.05) is 7.11 Å². The minimum absolute atomic E-state index is 0.0754. The van der Waals surface area contributed by atoms with Crippen molar-refractivity contribution in [3.8, 4) is 0 Å². The van der Waals surface area contributed by atoms with Crippen LogP contribution in [0.5, 0.6) is 0 Å². The molecular formula is C6H15N3O. The number of hydrogen-bond donors (Lipinski definition) is 3. The Morgan fingerprint density at radius 3 is 2.60 bits per heavy atom. The van der Waals surface area contributed by atoms with Crippen molar-refractivity contribution in [1.82, 2.24) is 5.32 Å². The molecule has 0 spiro atoms. The molecule has 0 aromatic rings. The zero-order chi connectivity index (χ0) is 7.56. The van der Waals surface area contributed by atoms with E-state index in [1.807, 2.05) is 0 Å². The lowest BCUT2D eigenvalue weighted by Gasteiger charge is -2.32. The van der Waals surface area contributed by atoms with Gasteiger partial charge < -0.3 is 16.2 Å². The highest BCUT2D eigenvalue weighted by molar-refractivity contribution is 4.81. The van der Waals surface area contributed by atoms with E-state index >= 15 is 0 Å². The van der Waals surface area contributed by atoms with Gasteiger partial charge in [0.1, 0.15) is 6.23 Å². The second kappa shape index (κ2) is 3.30. The highest BCUT2D eigenvalue weighted by atomic mass is 16.5. The first kappa shape index (κ1) is 7.94. The molecule has 1 aliphatic rings. The Morgan fingerprint density at radius 2 is 2.10 bits per heavy atom. The monoisotopic (exact) mass is 145 g/mol. The van der Waals surface area contributed by atoms with E-state index in [-0.39, 0.29) is 18.4 Å². The molecule has 0 aromatic carbocycles. The van der Waals surface area contributed by atoms with Crippen LogP contribution in [0.4, 0.5) is 0 Å². The predicted octanol–water partition coefficient (Wildman–Crippen LogP) is -1.05. The molecule has 1 heterocycles. The van der Waals surface area contributed by atoms with E-state index in [1.165, 1.54) is 0 Å². The van der Waals surface area contributed by atoms with Crippen LogP contribution in [-0.4, -0.2) is 25.5 Å². The molecule has 1 aliphatic heterocycles.